The molecule has 0 aromatic carbocycles. The highest BCUT2D eigenvalue weighted by Crippen LogP contribution is 2.22. The van der Waals surface area contributed by atoms with Crippen LogP contribution in [0.4, 0.5) is 0 Å². The van der Waals surface area contributed by atoms with E-state index in [0.717, 1.165) is 5.56 Å². The number of ether oxygens (including phenoxy) is 1. The third-order valence-electron chi connectivity index (χ3n) is 3.76. The molecule has 0 radical (unpaired) electrons. The van der Waals surface area contributed by atoms with E-state index in [1.165, 1.54) is 10.6 Å². The Hall–Kier alpha value is -1.22. The van der Waals surface area contributed by atoms with Gasteiger partial charge >= 0.3 is 0 Å². The maximum absolute atomic E-state index is 11.5. The Morgan fingerprint density at radius 2 is 2.00 bits per heavy atom. The molecule has 118 valence electrons. The number of nitrogens with two attached hydrogens (primary N) is 1. The fourth-order valence-corrected chi connectivity index (χ4v) is 3.38. The Morgan fingerprint density at radius 3 is 2.43 bits per heavy atom. The second kappa shape index (κ2) is 6.69. The molecule has 1 atom stereocenters. The predicted molar refractivity (Wildman–Crippen MR) is 80.6 cm³/mol. The first-order valence-electron chi connectivity index (χ1n) is 6.85. The van der Waals surface area contributed by atoms with Gasteiger partial charge in [0.05, 0.1) is 13.4 Å². The Bertz CT molecular complexity index is 553. The number of hydrogen-bond donors (Lipinski definition) is 1. The predicted octanol–water partition coefficient (Wildman–Crippen LogP) is -0.333. The summed E-state index contributed by atoms with van der Waals surface area (Å²) in [7, 11) is -1.53. The van der Waals surface area contributed by atoms with Gasteiger partial charge in [0.2, 0.25) is 15.9 Å². The summed E-state index contributed by atoms with van der Waals surface area (Å²) >= 11 is 0. The van der Waals surface area contributed by atoms with E-state index < -0.39 is 10.0 Å². The van der Waals surface area contributed by atoms with Crippen LogP contribution in [-0.2, 0) is 10.0 Å². The molecule has 1 aromatic rings. The van der Waals surface area contributed by atoms with Gasteiger partial charge in [-0.2, -0.15) is 4.31 Å². The minimum atomic E-state index is -3.11. The zero-order valence-corrected chi connectivity index (χ0v) is 13.2. The fourth-order valence-electron chi connectivity index (χ4n) is 2.55. The molecule has 0 amide bonds. The quantitative estimate of drug-likeness (QED) is 0.800. The minimum Gasteiger partial charge on any atom is -0.481 e. The molecule has 8 heteroatoms. The number of piperazine rings is 1. The Kier molecular flexibility index (Phi) is 5.15. The highest BCUT2D eigenvalue weighted by molar-refractivity contribution is 7.88. The molecule has 1 fully saturated rings. The number of sulfonamides is 1. The first-order chi connectivity index (χ1) is 9.95. The van der Waals surface area contributed by atoms with Crippen molar-refractivity contribution in [1.29, 1.82) is 0 Å². The first-order valence-corrected chi connectivity index (χ1v) is 8.69. The van der Waals surface area contributed by atoms with Crippen molar-refractivity contribution in [3.8, 4) is 5.88 Å². The molecule has 1 aliphatic rings. The molecule has 0 saturated carbocycles. The van der Waals surface area contributed by atoms with Crippen LogP contribution < -0.4 is 10.5 Å². The van der Waals surface area contributed by atoms with Gasteiger partial charge in [0, 0.05) is 51.0 Å². The Labute approximate surface area is 125 Å². The van der Waals surface area contributed by atoms with E-state index in [-0.39, 0.29) is 6.04 Å². The van der Waals surface area contributed by atoms with Crippen molar-refractivity contribution in [3.05, 3.63) is 23.9 Å². The standard InChI is InChI=1S/C13H22N4O3S/c1-20-13-4-3-11(10-15-13)12(9-14)16-5-7-17(8-6-16)21(2,18)19/h3-4,10,12H,5-9,14H2,1-2H3. The maximum Gasteiger partial charge on any atom is 0.212 e. The summed E-state index contributed by atoms with van der Waals surface area (Å²) in [6.07, 6.45) is 3.01. The topological polar surface area (TPSA) is 88.8 Å². The van der Waals surface area contributed by atoms with Gasteiger partial charge in [0.1, 0.15) is 0 Å². The van der Waals surface area contributed by atoms with Gasteiger partial charge in [-0.15, -0.1) is 0 Å². The van der Waals surface area contributed by atoms with Gasteiger partial charge in [-0.05, 0) is 5.56 Å². The number of methoxy groups -OCH3 is 1. The number of pyridine rings is 1. The van der Waals surface area contributed by atoms with Crippen LogP contribution in [0, 0.1) is 0 Å². The monoisotopic (exact) mass is 314 g/mol. The van der Waals surface area contributed by atoms with E-state index in [1.54, 1.807) is 13.3 Å². The average molecular weight is 314 g/mol. The van der Waals surface area contributed by atoms with E-state index in [4.69, 9.17) is 10.5 Å². The number of hydrogen-bond acceptors (Lipinski definition) is 6. The molecular weight excluding hydrogens is 292 g/mol. The first kappa shape index (κ1) is 16.2. The molecule has 2 N–H and O–H groups in total. The second-order valence-electron chi connectivity index (χ2n) is 5.08. The van der Waals surface area contributed by atoms with Gasteiger partial charge in [-0.3, -0.25) is 4.90 Å². The molecule has 1 aliphatic heterocycles. The van der Waals surface area contributed by atoms with Crippen LogP contribution in [0.25, 0.3) is 0 Å². The molecular formula is C13H22N4O3S. The summed E-state index contributed by atoms with van der Waals surface area (Å²) in [4.78, 5) is 6.40. The van der Waals surface area contributed by atoms with Crippen molar-refractivity contribution < 1.29 is 13.2 Å². The summed E-state index contributed by atoms with van der Waals surface area (Å²) in [6, 6.07) is 3.81. The zero-order chi connectivity index (χ0) is 15.5. The molecule has 7 nitrogen and oxygen atoms in total. The largest absolute Gasteiger partial charge is 0.481 e. The van der Waals surface area contributed by atoms with Crippen LogP contribution >= 0.6 is 0 Å². The summed E-state index contributed by atoms with van der Waals surface area (Å²) in [5, 5.41) is 0. The van der Waals surface area contributed by atoms with Crippen LogP contribution in [0.5, 0.6) is 5.88 Å². The second-order valence-corrected chi connectivity index (χ2v) is 7.07. The smallest absolute Gasteiger partial charge is 0.212 e. The van der Waals surface area contributed by atoms with Crippen molar-refractivity contribution in [2.24, 2.45) is 5.73 Å². The van der Waals surface area contributed by atoms with Crippen molar-refractivity contribution in [1.82, 2.24) is 14.2 Å². The number of rotatable bonds is 5. The average Bonchev–Trinajstić information content (AvgIpc) is 2.48. The lowest BCUT2D eigenvalue weighted by molar-refractivity contribution is 0.140. The van der Waals surface area contributed by atoms with Crippen LogP contribution in [0.15, 0.2) is 18.3 Å². The summed E-state index contributed by atoms with van der Waals surface area (Å²) in [5.41, 5.74) is 6.91. The highest BCUT2D eigenvalue weighted by atomic mass is 32.2. The molecule has 1 saturated heterocycles. The number of aromatic nitrogens is 1. The third-order valence-corrected chi connectivity index (χ3v) is 5.06. The summed E-state index contributed by atoms with van der Waals surface area (Å²) in [6.45, 7) is 2.80. The highest BCUT2D eigenvalue weighted by Gasteiger charge is 2.27. The normalized spacial score (nSPS) is 19.4. The molecule has 0 bridgehead atoms. The molecule has 0 spiro atoms. The fraction of sp³-hybridized carbons (Fsp3) is 0.615. The minimum absolute atomic E-state index is 0.0464. The van der Waals surface area contributed by atoms with Crippen LogP contribution in [0.3, 0.4) is 0 Å². The SMILES string of the molecule is COc1ccc(C(CN)N2CCN(S(C)(=O)=O)CC2)cn1. The van der Waals surface area contributed by atoms with Gasteiger partial charge in [0.25, 0.3) is 0 Å². The Morgan fingerprint density at radius 1 is 1.33 bits per heavy atom. The third kappa shape index (κ3) is 3.91. The van der Waals surface area contributed by atoms with Crippen LogP contribution in [0.1, 0.15) is 11.6 Å². The molecule has 1 unspecified atom stereocenters. The van der Waals surface area contributed by atoms with Crippen LogP contribution in [-0.4, -0.2) is 68.7 Å². The van der Waals surface area contributed by atoms with Crippen molar-refractivity contribution in [3.63, 3.8) is 0 Å². The van der Waals surface area contributed by atoms with E-state index in [2.05, 4.69) is 9.88 Å². The van der Waals surface area contributed by atoms with E-state index in [9.17, 15) is 8.42 Å². The molecule has 2 rings (SSSR count). The van der Waals surface area contributed by atoms with E-state index >= 15 is 0 Å². The lowest BCUT2D eigenvalue weighted by Gasteiger charge is -2.38. The van der Waals surface area contributed by atoms with Crippen molar-refractivity contribution >= 4 is 10.0 Å². The number of nitrogens with zero attached hydrogens (tertiary/aromatic N) is 3. The molecule has 0 aliphatic carbocycles. The Balaban J connectivity index is 2.05. The van der Waals surface area contributed by atoms with E-state index in [0.29, 0.717) is 38.6 Å². The lowest BCUT2D eigenvalue weighted by Crippen LogP contribution is -2.50. The maximum atomic E-state index is 11.5. The van der Waals surface area contributed by atoms with Crippen molar-refractivity contribution in [2.45, 2.75) is 6.04 Å². The zero-order valence-electron chi connectivity index (χ0n) is 12.4. The van der Waals surface area contributed by atoms with Gasteiger partial charge < -0.3 is 10.5 Å². The molecule has 1 aromatic heterocycles. The molecule has 2 heterocycles. The summed E-state index contributed by atoms with van der Waals surface area (Å²) in [5.74, 6) is 0.566. The van der Waals surface area contributed by atoms with Gasteiger partial charge in [-0.1, -0.05) is 6.07 Å². The van der Waals surface area contributed by atoms with Gasteiger partial charge in [-0.25, -0.2) is 13.4 Å². The summed E-state index contributed by atoms with van der Waals surface area (Å²) < 4.78 is 29.6. The molecule has 21 heavy (non-hydrogen) atoms. The van der Waals surface area contributed by atoms with Gasteiger partial charge in [0.15, 0.2) is 0 Å². The van der Waals surface area contributed by atoms with Crippen molar-refractivity contribution in [2.75, 3.05) is 46.1 Å². The van der Waals surface area contributed by atoms with Crippen LogP contribution in [0.2, 0.25) is 0 Å². The lowest BCUT2D eigenvalue weighted by atomic mass is 10.1. The van der Waals surface area contributed by atoms with E-state index in [1.807, 2.05) is 12.1 Å².